The van der Waals surface area contributed by atoms with Crippen LogP contribution in [0.15, 0.2) is 18.2 Å². The maximum absolute atomic E-state index is 11.7. The van der Waals surface area contributed by atoms with Crippen LogP contribution in [0.5, 0.6) is 0 Å². The minimum absolute atomic E-state index is 0.321. The van der Waals surface area contributed by atoms with Gasteiger partial charge in [-0.15, -0.1) is 0 Å². The number of carbonyl (C=O) groups excluding carboxylic acids is 1. The molecule has 0 bridgehead atoms. The van der Waals surface area contributed by atoms with E-state index in [0.717, 1.165) is 31.6 Å². The van der Waals surface area contributed by atoms with Gasteiger partial charge in [0.1, 0.15) is 0 Å². The first-order chi connectivity index (χ1) is 8.22. The van der Waals surface area contributed by atoms with Crippen molar-refractivity contribution in [3.05, 3.63) is 29.3 Å². The predicted molar refractivity (Wildman–Crippen MR) is 65.0 cm³/mol. The van der Waals surface area contributed by atoms with Crippen molar-refractivity contribution in [2.45, 2.75) is 18.8 Å². The molecule has 4 heteroatoms. The van der Waals surface area contributed by atoms with E-state index in [1.165, 1.54) is 7.11 Å². The number of methoxy groups -OCH3 is 1. The van der Waals surface area contributed by atoms with Gasteiger partial charge in [0, 0.05) is 18.9 Å². The average molecular weight is 235 g/mol. The molecule has 1 aromatic carbocycles. The maximum Gasteiger partial charge on any atom is 0.338 e. The van der Waals surface area contributed by atoms with E-state index < -0.39 is 0 Å². The Morgan fingerprint density at radius 1 is 1.41 bits per heavy atom. The summed E-state index contributed by atoms with van der Waals surface area (Å²) in [6.07, 6.45) is 1.88. The van der Waals surface area contributed by atoms with E-state index in [-0.39, 0.29) is 5.97 Å². The van der Waals surface area contributed by atoms with Gasteiger partial charge in [0.15, 0.2) is 0 Å². The standard InChI is InChI=1S/C13H17NO3/c1-16-13(15)12-8-10(14)2-3-11(12)9-4-6-17-7-5-9/h2-3,8-9H,4-7,14H2,1H3. The minimum Gasteiger partial charge on any atom is -0.465 e. The normalized spacial score (nSPS) is 16.8. The minimum atomic E-state index is -0.321. The summed E-state index contributed by atoms with van der Waals surface area (Å²) in [5.41, 5.74) is 7.91. The molecule has 4 nitrogen and oxygen atoms in total. The van der Waals surface area contributed by atoms with Crippen LogP contribution in [0.25, 0.3) is 0 Å². The summed E-state index contributed by atoms with van der Waals surface area (Å²) in [6, 6.07) is 5.45. The molecule has 0 radical (unpaired) electrons. The lowest BCUT2D eigenvalue weighted by Gasteiger charge is -2.24. The Balaban J connectivity index is 2.34. The highest BCUT2D eigenvalue weighted by atomic mass is 16.5. The molecule has 0 aromatic heterocycles. The highest BCUT2D eigenvalue weighted by Gasteiger charge is 2.22. The molecular weight excluding hydrogens is 218 g/mol. The summed E-state index contributed by atoms with van der Waals surface area (Å²) >= 11 is 0. The largest absolute Gasteiger partial charge is 0.465 e. The van der Waals surface area contributed by atoms with Gasteiger partial charge in [-0.05, 0) is 36.5 Å². The molecule has 0 aliphatic carbocycles. The van der Waals surface area contributed by atoms with Gasteiger partial charge >= 0.3 is 5.97 Å². The molecule has 0 spiro atoms. The molecule has 0 amide bonds. The second kappa shape index (κ2) is 5.19. The summed E-state index contributed by atoms with van der Waals surface area (Å²) in [5, 5.41) is 0. The first kappa shape index (κ1) is 11.9. The van der Waals surface area contributed by atoms with Crippen LogP contribution in [0.2, 0.25) is 0 Å². The summed E-state index contributed by atoms with van der Waals surface area (Å²) < 4.78 is 10.1. The molecule has 0 unspecified atom stereocenters. The molecule has 1 fully saturated rings. The smallest absolute Gasteiger partial charge is 0.338 e. The van der Waals surface area contributed by atoms with Gasteiger partial charge in [0.05, 0.1) is 12.7 Å². The Bertz CT molecular complexity index is 411. The second-order valence-corrected chi connectivity index (χ2v) is 4.22. The topological polar surface area (TPSA) is 61.5 Å². The zero-order valence-electron chi connectivity index (χ0n) is 9.94. The molecular formula is C13H17NO3. The van der Waals surface area contributed by atoms with E-state index in [1.54, 1.807) is 6.07 Å². The third-order valence-corrected chi connectivity index (χ3v) is 3.14. The molecule has 2 rings (SSSR count). The molecule has 92 valence electrons. The van der Waals surface area contributed by atoms with E-state index in [9.17, 15) is 4.79 Å². The predicted octanol–water partition coefficient (Wildman–Crippen LogP) is 1.95. The first-order valence-electron chi connectivity index (χ1n) is 5.78. The quantitative estimate of drug-likeness (QED) is 0.628. The van der Waals surface area contributed by atoms with Crippen LogP contribution in [-0.2, 0) is 9.47 Å². The summed E-state index contributed by atoms with van der Waals surface area (Å²) in [7, 11) is 1.39. The van der Waals surface area contributed by atoms with Crippen LogP contribution in [-0.4, -0.2) is 26.3 Å². The number of rotatable bonds is 2. The van der Waals surface area contributed by atoms with Gasteiger partial charge in [0.25, 0.3) is 0 Å². The van der Waals surface area contributed by atoms with Gasteiger partial charge in [-0.3, -0.25) is 0 Å². The number of benzene rings is 1. The lowest BCUT2D eigenvalue weighted by Crippen LogP contribution is -2.17. The van der Waals surface area contributed by atoms with E-state index in [0.29, 0.717) is 17.2 Å². The fourth-order valence-corrected chi connectivity index (χ4v) is 2.23. The number of esters is 1. The molecule has 17 heavy (non-hydrogen) atoms. The van der Waals surface area contributed by atoms with Crippen LogP contribution in [0.1, 0.15) is 34.7 Å². The van der Waals surface area contributed by atoms with Gasteiger partial charge in [0.2, 0.25) is 0 Å². The van der Waals surface area contributed by atoms with Crippen molar-refractivity contribution in [1.82, 2.24) is 0 Å². The van der Waals surface area contributed by atoms with Crippen molar-refractivity contribution < 1.29 is 14.3 Å². The lowest BCUT2D eigenvalue weighted by molar-refractivity contribution is 0.0592. The van der Waals surface area contributed by atoms with Crippen molar-refractivity contribution in [1.29, 1.82) is 0 Å². The van der Waals surface area contributed by atoms with Crippen molar-refractivity contribution in [2.75, 3.05) is 26.1 Å². The summed E-state index contributed by atoms with van der Waals surface area (Å²) in [6.45, 7) is 1.49. The van der Waals surface area contributed by atoms with Gasteiger partial charge < -0.3 is 15.2 Å². The Morgan fingerprint density at radius 3 is 2.76 bits per heavy atom. The van der Waals surface area contributed by atoms with Gasteiger partial charge in [-0.1, -0.05) is 6.07 Å². The SMILES string of the molecule is COC(=O)c1cc(N)ccc1C1CCOCC1. The van der Waals surface area contributed by atoms with Crippen molar-refractivity contribution in [3.63, 3.8) is 0 Å². The maximum atomic E-state index is 11.7. The molecule has 1 aliphatic heterocycles. The van der Waals surface area contributed by atoms with Crippen molar-refractivity contribution in [2.24, 2.45) is 0 Å². The first-order valence-corrected chi connectivity index (χ1v) is 5.78. The number of hydrogen-bond donors (Lipinski definition) is 1. The average Bonchev–Trinajstić information content (AvgIpc) is 2.38. The number of hydrogen-bond acceptors (Lipinski definition) is 4. The molecule has 1 aromatic rings. The highest BCUT2D eigenvalue weighted by Crippen LogP contribution is 2.30. The summed E-state index contributed by atoms with van der Waals surface area (Å²) in [5.74, 6) is 0.0391. The Hall–Kier alpha value is -1.55. The monoisotopic (exact) mass is 235 g/mol. The van der Waals surface area contributed by atoms with Crippen LogP contribution in [0, 0.1) is 0 Å². The molecule has 1 heterocycles. The Labute approximate surface area is 101 Å². The number of nitrogens with two attached hydrogens (primary N) is 1. The third kappa shape index (κ3) is 2.58. The van der Waals surface area contributed by atoms with Crippen LogP contribution < -0.4 is 5.73 Å². The summed E-state index contributed by atoms with van der Waals surface area (Å²) in [4.78, 5) is 11.7. The second-order valence-electron chi connectivity index (χ2n) is 4.22. The van der Waals surface area contributed by atoms with Crippen LogP contribution in [0.3, 0.4) is 0 Å². The lowest BCUT2D eigenvalue weighted by atomic mass is 9.88. The number of ether oxygens (including phenoxy) is 2. The molecule has 0 saturated carbocycles. The van der Waals surface area contributed by atoms with Gasteiger partial charge in [-0.2, -0.15) is 0 Å². The Kier molecular flexibility index (Phi) is 3.64. The third-order valence-electron chi connectivity index (χ3n) is 3.14. The fourth-order valence-electron chi connectivity index (χ4n) is 2.23. The van der Waals surface area contributed by atoms with E-state index >= 15 is 0 Å². The zero-order valence-corrected chi connectivity index (χ0v) is 9.94. The van der Waals surface area contributed by atoms with E-state index in [2.05, 4.69) is 0 Å². The number of anilines is 1. The fraction of sp³-hybridized carbons (Fsp3) is 0.462. The van der Waals surface area contributed by atoms with E-state index in [4.69, 9.17) is 15.2 Å². The van der Waals surface area contributed by atoms with E-state index in [1.807, 2.05) is 12.1 Å². The number of nitrogen functional groups attached to an aromatic ring is 1. The Morgan fingerprint density at radius 2 is 2.12 bits per heavy atom. The van der Waals surface area contributed by atoms with Crippen LogP contribution in [0.4, 0.5) is 5.69 Å². The molecule has 0 atom stereocenters. The van der Waals surface area contributed by atoms with Crippen LogP contribution >= 0.6 is 0 Å². The zero-order chi connectivity index (χ0) is 12.3. The number of carbonyl (C=O) groups is 1. The highest BCUT2D eigenvalue weighted by molar-refractivity contribution is 5.92. The molecule has 2 N–H and O–H groups in total. The molecule has 1 aliphatic rings. The van der Waals surface area contributed by atoms with Gasteiger partial charge in [-0.25, -0.2) is 4.79 Å². The van der Waals surface area contributed by atoms with Crippen molar-refractivity contribution >= 4 is 11.7 Å². The van der Waals surface area contributed by atoms with Crippen molar-refractivity contribution in [3.8, 4) is 0 Å². The molecule has 1 saturated heterocycles.